The zero-order valence-corrected chi connectivity index (χ0v) is 15.2. The third-order valence-corrected chi connectivity index (χ3v) is 4.94. The summed E-state index contributed by atoms with van der Waals surface area (Å²) in [6, 6.07) is 14.6. The fraction of sp³-hybridized carbons (Fsp3) is 0.318. The fourth-order valence-electron chi connectivity index (χ4n) is 3.55. The number of nitrogens with zero attached hydrogens (tertiary/aromatic N) is 1. The molecule has 25 heavy (non-hydrogen) atoms. The van der Waals surface area contributed by atoms with Crippen molar-refractivity contribution in [3.05, 3.63) is 70.8 Å². The molecule has 0 saturated heterocycles. The summed E-state index contributed by atoms with van der Waals surface area (Å²) in [5.41, 5.74) is 4.71. The maximum Gasteiger partial charge on any atom is 0.246 e. The lowest BCUT2D eigenvalue weighted by Gasteiger charge is -2.32. The Morgan fingerprint density at radius 2 is 2.04 bits per heavy atom. The first-order chi connectivity index (χ1) is 12.1. The maximum absolute atomic E-state index is 12.7. The predicted molar refractivity (Wildman–Crippen MR) is 102 cm³/mol. The van der Waals surface area contributed by atoms with Gasteiger partial charge >= 0.3 is 0 Å². The zero-order chi connectivity index (χ0) is 17.8. The van der Waals surface area contributed by atoms with Gasteiger partial charge < -0.3 is 9.64 Å². The molecule has 1 aliphatic carbocycles. The van der Waals surface area contributed by atoms with Gasteiger partial charge in [-0.05, 0) is 55.5 Å². The molecule has 0 fully saturated rings. The summed E-state index contributed by atoms with van der Waals surface area (Å²) < 4.78 is 5.38. The van der Waals surface area contributed by atoms with Crippen LogP contribution in [0.5, 0.6) is 5.75 Å². The van der Waals surface area contributed by atoms with Crippen LogP contribution >= 0.6 is 0 Å². The van der Waals surface area contributed by atoms with E-state index < -0.39 is 0 Å². The van der Waals surface area contributed by atoms with Crippen molar-refractivity contribution in [1.82, 2.24) is 4.90 Å². The number of aryl methyl sites for hydroxylation is 2. The summed E-state index contributed by atoms with van der Waals surface area (Å²) in [6.45, 7) is 2.03. The topological polar surface area (TPSA) is 29.5 Å². The van der Waals surface area contributed by atoms with E-state index in [0.29, 0.717) is 0 Å². The van der Waals surface area contributed by atoms with Gasteiger partial charge in [0.1, 0.15) is 5.75 Å². The van der Waals surface area contributed by atoms with Crippen LogP contribution in [0.4, 0.5) is 0 Å². The molecule has 1 amide bonds. The fourth-order valence-corrected chi connectivity index (χ4v) is 3.55. The number of carbonyl (C=O) groups excluding carboxylic acids is 1. The van der Waals surface area contributed by atoms with Crippen LogP contribution in [0.2, 0.25) is 0 Å². The molecule has 0 aromatic heterocycles. The molecular weight excluding hydrogens is 310 g/mol. The Morgan fingerprint density at radius 3 is 2.84 bits per heavy atom. The molecule has 3 heteroatoms. The number of benzene rings is 2. The zero-order valence-electron chi connectivity index (χ0n) is 15.2. The summed E-state index contributed by atoms with van der Waals surface area (Å²) >= 11 is 0. The Labute approximate surface area is 149 Å². The van der Waals surface area contributed by atoms with E-state index in [4.69, 9.17) is 4.74 Å². The highest BCUT2D eigenvalue weighted by molar-refractivity contribution is 5.92. The van der Waals surface area contributed by atoms with Gasteiger partial charge in [0.2, 0.25) is 5.91 Å². The second-order valence-electron chi connectivity index (χ2n) is 6.63. The highest BCUT2D eigenvalue weighted by atomic mass is 16.5. The van der Waals surface area contributed by atoms with E-state index in [1.165, 1.54) is 11.1 Å². The summed E-state index contributed by atoms with van der Waals surface area (Å²) in [4.78, 5) is 14.6. The van der Waals surface area contributed by atoms with Gasteiger partial charge in [0.25, 0.3) is 0 Å². The van der Waals surface area contributed by atoms with Crippen molar-refractivity contribution in [3.63, 3.8) is 0 Å². The number of ether oxygens (including phenoxy) is 1. The molecule has 2 aromatic carbocycles. The van der Waals surface area contributed by atoms with Gasteiger partial charge in [0, 0.05) is 18.7 Å². The van der Waals surface area contributed by atoms with Gasteiger partial charge in [0.15, 0.2) is 0 Å². The predicted octanol–water partition coefficient (Wildman–Crippen LogP) is 4.55. The smallest absolute Gasteiger partial charge is 0.246 e. The Morgan fingerprint density at radius 1 is 1.24 bits per heavy atom. The van der Waals surface area contributed by atoms with Crippen molar-refractivity contribution in [3.8, 4) is 5.75 Å². The average Bonchev–Trinajstić information content (AvgIpc) is 2.65. The number of methoxy groups -OCH3 is 1. The molecule has 130 valence electrons. The molecule has 0 saturated carbocycles. The molecule has 1 aliphatic rings. The molecule has 0 heterocycles. The van der Waals surface area contributed by atoms with Crippen LogP contribution in [0.25, 0.3) is 6.08 Å². The standard InChI is InChI=1S/C22H25NO2/c1-16-11-13-21(25-3)18(15-16)12-14-22(24)23(2)20-10-6-8-17-7-4-5-9-19(17)20/h4-5,7,9,11-15,20H,6,8,10H2,1-3H3/b14-12+. The van der Waals surface area contributed by atoms with Gasteiger partial charge in [0.05, 0.1) is 13.2 Å². The van der Waals surface area contributed by atoms with Gasteiger partial charge in [-0.1, -0.05) is 35.9 Å². The number of hydrogen-bond acceptors (Lipinski definition) is 2. The molecule has 2 aromatic rings. The average molecular weight is 335 g/mol. The van der Waals surface area contributed by atoms with Crippen molar-refractivity contribution < 1.29 is 9.53 Å². The molecule has 0 bridgehead atoms. The second kappa shape index (κ2) is 7.56. The van der Waals surface area contributed by atoms with Crippen LogP contribution in [0.15, 0.2) is 48.5 Å². The van der Waals surface area contributed by atoms with Gasteiger partial charge in [-0.25, -0.2) is 0 Å². The molecule has 0 radical (unpaired) electrons. The van der Waals surface area contributed by atoms with E-state index in [-0.39, 0.29) is 11.9 Å². The number of fused-ring (bicyclic) bond motifs is 1. The minimum atomic E-state index is 0.0188. The maximum atomic E-state index is 12.7. The van der Waals surface area contributed by atoms with E-state index >= 15 is 0 Å². The molecule has 1 unspecified atom stereocenters. The van der Waals surface area contributed by atoms with Crippen LogP contribution in [0, 0.1) is 6.92 Å². The normalized spacial score (nSPS) is 16.5. The molecule has 3 nitrogen and oxygen atoms in total. The number of rotatable bonds is 4. The molecule has 0 aliphatic heterocycles. The third kappa shape index (κ3) is 3.76. The first kappa shape index (κ1) is 17.3. The van der Waals surface area contributed by atoms with Crippen LogP contribution in [0.3, 0.4) is 0 Å². The van der Waals surface area contributed by atoms with E-state index in [1.807, 2.05) is 43.1 Å². The summed E-state index contributed by atoms with van der Waals surface area (Å²) in [7, 11) is 3.54. The van der Waals surface area contributed by atoms with Crippen molar-refractivity contribution in [2.75, 3.05) is 14.2 Å². The molecule has 0 N–H and O–H groups in total. The minimum Gasteiger partial charge on any atom is -0.496 e. The van der Waals surface area contributed by atoms with Crippen LogP contribution in [0.1, 0.15) is 41.1 Å². The van der Waals surface area contributed by atoms with Crippen molar-refractivity contribution in [2.45, 2.75) is 32.2 Å². The van der Waals surface area contributed by atoms with Crippen LogP contribution in [-0.2, 0) is 11.2 Å². The van der Waals surface area contributed by atoms with Crippen molar-refractivity contribution >= 4 is 12.0 Å². The number of amides is 1. The Balaban J connectivity index is 1.79. The van der Waals surface area contributed by atoms with Gasteiger partial charge in [-0.3, -0.25) is 4.79 Å². The third-order valence-electron chi connectivity index (χ3n) is 4.94. The summed E-state index contributed by atoms with van der Waals surface area (Å²) in [6.07, 6.45) is 6.73. The second-order valence-corrected chi connectivity index (χ2v) is 6.63. The Hall–Kier alpha value is -2.55. The SMILES string of the molecule is COc1ccc(C)cc1/C=C/C(=O)N(C)C1CCCc2ccccc21. The summed E-state index contributed by atoms with van der Waals surface area (Å²) in [5, 5.41) is 0. The monoisotopic (exact) mass is 335 g/mol. The van der Waals surface area contributed by atoms with Crippen LogP contribution in [-0.4, -0.2) is 25.0 Å². The van der Waals surface area contributed by atoms with E-state index in [0.717, 1.165) is 36.1 Å². The summed E-state index contributed by atoms with van der Waals surface area (Å²) in [5.74, 6) is 0.797. The number of likely N-dealkylation sites (N-methyl/N-ethyl adjacent to an activating group) is 1. The number of hydrogen-bond donors (Lipinski definition) is 0. The quantitative estimate of drug-likeness (QED) is 0.767. The highest BCUT2D eigenvalue weighted by Gasteiger charge is 2.25. The Kier molecular flexibility index (Phi) is 5.22. The number of carbonyl (C=O) groups is 1. The van der Waals surface area contributed by atoms with E-state index in [2.05, 4.69) is 24.3 Å². The lowest BCUT2D eigenvalue weighted by atomic mass is 9.87. The lowest BCUT2D eigenvalue weighted by molar-refractivity contribution is -0.127. The highest BCUT2D eigenvalue weighted by Crippen LogP contribution is 2.33. The van der Waals surface area contributed by atoms with E-state index in [9.17, 15) is 4.79 Å². The first-order valence-electron chi connectivity index (χ1n) is 8.77. The minimum absolute atomic E-state index is 0.0188. The van der Waals surface area contributed by atoms with Gasteiger partial charge in [-0.15, -0.1) is 0 Å². The van der Waals surface area contributed by atoms with Crippen LogP contribution < -0.4 is 4.74 Å². The molecule has 3 rings (SSSR count). The molecular formula is C22H25NO2. The van der Waals surface area contributed by atoms with Crippen molar-refractivity contribution in [1.29, 1.82) is 0 Å². The van der Waals surface area contributed by atoms with E-state index in [1.54, 1.807) is 13.2 Å². The Bertz CT molecular complexity index is 794. The lowest BCUT2D eigenvalue weighted by Crippen LogP contribution is -2.32. The molecule has 1 atom stereocenters. The molecule has 0 spiro atoms. The van der Waals surface area contributed by atoms with Gasteiger partial charge in [-0.2, -0.15) is 0 Å². The largest absolute Gasteiger partial charge is 0.496 e. The first-order valence-corrected chi connectivity index (χ1v) is 8.77. The van der Waals surface area contributed by atoms with Crippen molar-refractivity contribution in [2.24, 2.45) is 0 Å².